The Bertz CT molecular complexity index is 317. The maximum atomic E-state index is 11.7. The maximum Gasteiger partial charge on any atom is 0.219 e. The van der Waals surface area contributed by atoms with E-state index in [1.165, 1.54) is 25.7 Å². The third kappa shape index (κ3) is 5.13. The Balaban J connectivity index is 1.87. The monoisotopic (exact) mass is 266 g/mol. The molecule has 3 nitrogen and oxygen atoms in total. The largest absolute Gasteiger partial charge is 0.341 e. The van der Waals surface area contributed by atoms with Gasteiger partial charge in [-0.1, -0.05) is 33.6 Å². The number of hydrogen-bond acceptors (Lipinski definition) is 2. The Kier molecular flexibility index (Phi) is 4.54. The van der Waals surface area contributed by atoms with Crippen molar-refractivity contribution in [2.75, 3.05) is 19.6 Å². The first-order valence-corrected chi connectivity index (χ1v) is 7.82. The van der Waals surface area contributed by atoms with Gasteiger partial charge in [0.25, 0.3) is 0 Å². The number of nitrogens with zero attached hydrogens (tertiary/aromatic N) is 1. The van der Waals surface area contributed by atoms with Crippen molar-refractivity contribution in [1.82, 2.24) is 10.2 Å². The van der Waals surface area contributed by atoms with E-state index >= 15 is 0 Å². The number of likely N-dealkylation sites (tertiary alicyclic amines) is 1. The fourth-order valence-corrected chi connectivity index (χ4v) is 3.05. The molecule has 0 bridgehead atoms. The van der Waals surface area contributed by atoms with Crippen molar-refractivity contribution in [2.24, 2.45) is 17.3 Å². The molecule has 2 unspecified atom stereocenters. The molecule has 3 heteroatoms. The molecule has 110 valence electrons. The van der Waals surface area contributed by atoms with Crippen LogP contribution in [0.2, 0.25) is 0 Å². The third-order valence-corrected chi connectivity index (χ3v) is 4.27. The van der Waals surface area contributed by atoms with Crippen LogP contribution in [0.3, 0.4) is 0 Å². The Hall–Kier alpha value is -0.570. The molecule has 1 saturated heterocycles. The quantitative estimate of drug-likeness (QED) is 0.848. The number of rotatable bonds is 4. The summed E-state index contributed by atoms with van der Waals surface area (Å²) in [5, 5.41) is 3.68. The lowest BCUT2D eigenvalue weighted by atomic mass is 9.88. The second-order valence-electron chi connectivity index (χ2n) is 7.84. The number of nitrogens with one attached hydrogen (secondary N) is 1. The molecule has 1 saturated carbocycles. The zero-order valence-electron chi connectivity index (χ0n) is 13.0. The summed E-state index contributed by atoms with van der Waals surface area (Å²) in [6, 6.07) is 0.487. The second-order valence-corrected chi connectivity index (χ2v) is 7.84. The van der Waals surface area contributed by atoms with Gasteiger partial charge in [-0.25, -0.2) is 0 Å². The van der Waals surface area contributed by atoms with Crippen molar-refractivity contribution in [3.8, 4) is 0 Å². The Labute approximate surface area is 118 Å². The highest BCUT2D eigenvalue weighted by molar-refractivity contribution is 5.73. The molecule has 1 aliphatic heterocycles. The fourth-order valence-electron chi connectivity index (χ4n) is 3.05. The summed E-state index contributed by atoms with van der Waals surface area (Å²) >= 11 is 0. The normalized spacial score (nSPS) is 28.5. The summed E-state index contributed by atoms with van der Waals surface area (Å²) in [6.07, 6.45) is 5.40. The Morgan fingerprint density at radius 2 is 1.89 bits per heavy atom. The van der Waals surface area contributed by atoms with E-state index in [0.717, 1.165) is 25.6 Å². The minimum absolute atomic E-state index is 0.239. The average molecular weight is 266 g/mol. The standard InChI is InChI=1S/C16H30N2O/c1-12(19)18-9-14(7-13-5-6-13)8-15(10-18)17-11-16(2,3)4/h13-15,17H,5-11H2,1-4H3. The Morgan fingerprint density at radius 1 is 1.21 bits per heavy atom. The van der Waals surface area contributed by atoms with Gasteiger partial charge in [0, 0.05) is 32.6 Å². The molecule has 0 radical (unpaired) electrons. The van der Waals surface area contributed by atoms with E-state index in [9.17, 15) is 4.79 Å². The molecule has 1 N–H and O–H groups in total. The summed E-state index contributed by atoms with van der Waals surface area (Å²) in [5.41, 5.74) is 0.310. The lowest BCUT2D eigenvalue weighted by Gasteiger charge is -2.39. The molecule has 0 spiro atoms. The molecule has 1 amide bonds. The molecule has 2 fully saturated rings. The molecular weight excluding hydrogens is 236 g/mol. The summed E-state index contributed by atoms with van der Waals surface area (Å²) in [5.74, 6) is 1.91. The molecule has 2 rings (SSSR count). The molecule has 0 aromatic carbocycles. The van der Waals surface area contributed by atoms with Crippen LogP contribution < -0.4 is 5.32 Å². The number of carbonyl (C=O) groups is 1. The van der Waals surface area contributed by atoms with Gasteiger partial charge in [0.1, 0.15) is 0 Å². The molecule has 0 aromatic rings. The van der Waals surface area contributed by atoms with Crippen LogP contribution in [-0.2, 0) is 4.79 Å². The van der Waals surface area contributed by atoms with E-state index in [1.807, 2.05) is 0 Å². The fraction of sp³-hybridized carbons (Fsp3) is 0.938. The summed E-state index contributed by atoms with van der Waals surface area (Å²) in [6.45, 7) is 11.4. The molecule has 0 aromatic heterocycles. The van der Waals surface area contributed by atoms with Crippen LogP contribution in [0, 0.1) is 17.3 Å². The van der Waals surface area contributed by atoms with E-state index in [-0.39, 0.29) is 5.91 Å². The van der Waals surface area contributed by atoms with Crippen LogP contribution in [0.25, 0.3) is 0 Å². The van der Waals surface area contributed by atoms with Crippen LogP contribution in [0.5, 0.6) is 0 Å². The first-order valence-electron chi connectivity index (χ1n) is 7.82. The van der Waals surface area contributed by atoms with Gasteiger partial charge in [-0.2, -0.15) is 0 Å². The summed E-state index contributed by atoms with van der Waals surface area (Å²) in [4.78, 5) is 13.7. The lowest BCUT2D eigenvalue weighted by molar-refractivity contribution is -0.131. The highest BCUT2D eigenvalue weighted by Gasteiger charge is 2.33. The summed E-state index contributed by atoms with van der Waals surface area (Å²) < 4.78 is 0. The minimum atomic E-state index is 0.239. The van der Waals surface area contributed by atoms with Gasteiger partial charge < -0.3 is 10.2 Å². The van der Waals surface area contributed by atoms with Crippen molar-refractivity contribution in [3.63, 3.8) is 0 Å². The van der Waals surface area contributed by atoms with Gasteiger partial charge in [0.2, 0.25) is 5.91 Å². The average Bonchev–Trinajstić information content (AvgIpc) is 3.09. The van der Waals surface area contributed by atoms with Crippen molar-refractivity contribution in [2.45, 2.75) is 59.4 Å². The van der Waals surface area contributed by atoms with Gasteiger partial charge in [-0.05, 0) is 30.1 Å². The van der Waals surface area contributed by atoms with Crippen molar-refractivity contribution >= 4 is 5.91 Å². The van der Waals surface area contributed by atoms with Crippen LogP contribution in [-0.4, -0.2) is 36.5 Å². The number of carbonyl (C=O) groups excluding carboxylic acids is 1. The Morgan fingerprint density at radius 3 is 2.42 bits per heavy atom. The van der Waals surface area contributed by atoms with Gasteiger partial charge in [0.05, 0.1) is 0 Å². The summed E-state index contributed by atoms with van der Waals surface area (Å²) in [7, 11) is 0. The molecule has 1 heterocycles. The van der Waals surface area contributed by atoms with E-state index < -0.39 is 0 Å². The van der Waals surface area contributed by atoms with Gasteiger partial charge in [0.15, 0.2) is 0 Å². The van der Waals surface area contributed by atoms with Crippen molar-refractivity contribution in [1.29, 1.82) is 0 Å². The maximum absolute atomic E-state index is 11.7. The van der Waals surface area contributed by atoms with Crippen LogP contribution in [0.1, 0.15) is 53.4 Å². The zero-order chi connectivity index (χ0) is 14.0. The van der Waals surface area contributed by atoms with E-state index in [0.29, 0.717) is 17.4 Å². The van der Waals surface area contributed by atoms with Crippen LogP contribution >= 0.6 is 0 Å². The predicted molar refractivity (Wildman–Crippen MR) is 78.9 cm³/mol. The SMILES string of the molecule is CC(=O)N1CC(CC2CC2)CC(NCC(C)(C)C)C1. The predicted octanol–water partition coefficient (Wildman–Crippen LogP) is 2.66. The van der Waals surface area contributed by atoms with E-state index in [2.05, 4.69) is 31.0 Å². The third-order valence-electron chi connectivity index (χ3n) is 4.27. The topological polar surface area (TPSA) is 32.3 Å². The number of piperidine rings is 1. The lowest BCUT2D eigenvalue weighted by Crippen LogP contribution is -2.52. The molecule has 2 atom stereocenters. The number of hydrogen-bond donors (Lipinski definition) is 1. The van der Waals surface area contributed by atoms with Crippen molar-refractivity contribution < 1.29 is 4.79 Å². The molecule has 1 aliphatic carbocycles. The first kappa shape index (κ1) is 14.8. The highest BCUT2D eigenvalue weighted by Crippen LogP contribution is 2.37. The second kappa shape index (κ2) is 5.82. The van der Waals surface area contributed by atoms with E-state index in [4.69, 9.17) is 0 Å². The molecule has 2 aliphatic rings. The number of amides is 1. The van der Waals surface area contributed by atoms with Crippen LogP contribution in [0.15, 0.2) is 0 Å². The smallest absolute Gasteiger partial charge is 0.219 e. The zero-order valence-corrected chi connectivity index (χ0v) is 13.0. The van der Waals surface area contributed by atoms with E-state index in [1.54, 1.807) is 6.92 Å². The van der Waals surface area contributed by atoms with Gasteiger partial charge >= 0.3 is 0 Å². The molecular formula is C16H30N2O. The van der Waals surface area contributed by atoms with Crippen molar-refractivity contribution in [3.05, 3.63) is 0 Å². The molecule has 19 heavy (non-hydrogen) atoms. The van der Waals surface area contributed by atoms with Gasteiger partial charge in [-0.3, -0.25) is 4.79 Å². The van der Waals surface area contributed by atoms with Gasteiger partial charge in [-0.15, -0.1) is 0 Å². The first-order chi connectivity index (χ1) is 8.83. The van der Waals surface area contributed by atoms with Crippen LogP contribution in [0.4, 0.5) is 0 Å². The highest BCUT2D eigenvalue weighted by atomic mass is 16.2. The minimum Gasteiger partial charge on any atom is -0.341 e.